The van der Waals surface area contributed by atoms with E-state index in [1.807, 2.05) is 24.3 Å². The van der Waals surface area contributed by atoms with Crippen molar-refractivity contribution in [2.45, 2.75) is 44.8 Å². The average molecular weight is 305 g/mol. The maximum Gasteiger partial charge on any atom is 0.256 e. The van der Waals surface area contributed by atoms with Crippen LogP contribution in [0.5, 0.6) is 0 Å². The first-order valence-electron chi connectivity index (χ1n) is 7.16. The van der Waals surface area contributed by atoms with E-state index in [1.165, 1.54) is 24.6 Å². The number of rotatable bonds is 5. The lowest BCUT2D eigenvalue weighted by Crippen LogP contribution is -2.35. The van der Waals surface area contributed by atoms with Crippen molar-refractivity contribution in [3.63, 3.8) is 0 Å². The highest BCUT2D eigenvalue weighted by Crippen LogP contribution is 2.32. The van der Waals surface area contributed by atoms with E-state index >= 15 is 0 Å². The van der Waals surface area contributed by atoms with Gasteiger partial charge in [0.2, 0.25) is 5.91 Å². The highest BCUT2D eigenvalue weighted by molar-refractivity contribution is 7.99. The Labute approximate surface area is 127 Å². The van der Waals surface area contributed by atoms with Crippen LogP contribution < -0.4 is 5.32 Å². The standard InChI is InChI=1S/C14H19N5OS/c1-8-6-9(2)19-13(15-8)17-18-14(19)21-7-12(20)16-10(3)11-4-5-11/h6,10-11H,4-5,7H2,1-3H3,(H,16,20)/t10-/m0/s1. The van der Waals surface area contributed by atoms with E-state index < -0.39 is 0 Å². The van der Waals surface area contributed by atoms with Gasteiger partial charge in [-0.15, -0.1) is 10.2 Å². The molecule has 0 aromatic carbocycles. The van der Waals surface area contributed by atoms with Crippen molar-refractivity contribution in [1.29, 1.82) is 0 Å². The van der Waals surface area contributed by atoms with Crippen LogP contribution in [0.1, 0.15) is 31.2 Å². The molecular formula is C14H19N5OS. The maximum atomic E-state index is 12.0. The zero-order valence-electron chi connectivity index (χ0n) is 12.5. The summed E-state index contributed by atoms with van der Waals surface area (Å²) in [4.78, 5) is 16.3. The lowest BCUT2D eigenvalue weighted by molar-refractivity contribution is -0.119. The van der Waals surface area contributed by atoms with Gasteiger partial charge in [0.25, 0.3) is 5.78 Å². The molecule has 0 saturated heterocycles. The Morgan fingerprint density at radius 1 is 1.48 bits per heavy atom. The zero-order valence-corrected chi connectivity index (χ0v) is 13.3. The highest BCUT2D eigenvalue weighted by atomic mass is 32.2. The van der Waals surface area contributed by atoms with Crippen LogP contribution in [0.3, 0.4) is 0 Å². The fourth-order valence-corrected chi connectivity index (χ4v) is 3.23. The van der Waals surface area contributed by atoms with E-state index in [0.717, 1.165) is 11.4 Å². The van der Waals surface area contributed by atoms with Gasteiger partial charge in [0, 0.05) is 17.4 Å². The van der Waals surface area contributed by atoms with Crippen LogP contribution in [-0.2, 0) is 4.79 Å². The summed E-state index contributed by atoms with van der Waals surface area (Å²) in [5, 5.41) is 12.0. The number of nitrogens with zero attached hydrogens (tertiary/aromatic N) is 4. The van der Waals surface area contributed by atoms with Gasteiger partial charge in [-0.05, 0) is 45.6 Å². The summed E-state index contributed by atoms with van der Waals surface area (Å²) < 4.78 is 1.88. The number of nitrogens with one attached hydrogen (secondary N) is 1. The smallest absolute Gasteiger partial charge is 0.256 e. The van der Waals surface area contributed by atoms with Gasteiger partial charge in [-0.25, -0.2) is 4.98 Å². The van der Waals surface area contributed by atoms with Crippen LogP contribution in [0, 0.1) is 19.8 Å². The summed E-state index contributed by atoms with van der Waals surface area (Å²) in [6.45, 7) is 6.00. The van der Waals surface area contributed by atoms with Gasteiger partial charge in [-0.1, -0.05) is 11.8 Å². The third-order valence-corrected chi connectivity index (χ3v) is 4.64. The number of carbonyl (C=O) groups excluding carboxylic acids is 1. The number of fused-ring (bicyclic) bond motifs is 1. The van der Waals surface area contributed by atoms with Crippen LogP contribution >= 0.6 is 11.8 Å². The van der Waals surface area contributed by atoms with Gasteiger partial charge in [0.15, 0.2) is 5.16 Å². The molecule has 6 nitrogen and oxygen atoms in total. The largest absolute Gasteiger partial charge is 0.353 e. The van der Waals surface area contributed by atoms with Gasteiger partial charge in [0.05, 0.1) is 5.75 Å². The highest BCUT2D eigenvalue weighted by Gasteiger charge is 2.28. The first-order valence-corrected chi connectivity index (χ1v) is 8.14. The van der Waals surface area contributed by atoms with E-state index in [-0.39, 0.29) is 11.9 Å². The molecule has 2 aromatic rings. The van der Waals surface area contributed by atoms with E-state index in [2.05, 4.69) is 27.4 Å². The summed E-state index contributed by atoms with van der Waals surface area (Å²) in [6.07, 6.45) is 2.46. The lowest BCUT2D eigenvalue weighted by Gasteiger charge is -2.12. The third kappa shape index (κ3) is 3.18. The van der Waals surface area contributed by atoms with Gasteiger partial charge in [0.1, 0.15) is 0 Å². The Bertz CT molecular complexity index is 679. The number of hydrogen-bond acceptors (Lipinski definition) is 5. The second-order valence-corrected chi connectivity index (χ2v) is 6.58. The van der Waals surface area contributed by atoms with Gasteiger partial charge < -0.3 is 5.32 Å². The second kappa shape index (κ2) is 5.63. The molecule has 1 N–H and O–H groups in total. The third-order valence-electron chi connectivity index (χ3n) is 3.71. The summed E-state index contributed by atoms with van der Waals surface area (Å²) in [7, 11) is 0. The molecule has 0 radical (unpaired) electrons. The Hall–Kier alpha value is -1.63. The molecule has 112 valence electrons. The van der Waals surface area contributed by atoms with Crippen LogP contribution in [0.2, 0.25) is 0 Å². The molecule has 2 heterocycles. The molecule has 21 heavy (non-hydrogen) atoms. The molecule has 7 heteroatoms. The topological polar surface area (TPSA) is 72.2 Å². The van der Waals surface area contributed by atoms with Crippen molar-refractivity contribution in [3.05, 3.63) is 17.5 Å². The van der Waals surface area contributed by atoms with Gasteiger partial charge in [-0.3, -0.25) is 9.20 Å². The Kier molecular flexibility index (Phi) is 3.84. The minimum atomic E-state index is 0.0499. The number of thioether (sulfide) groups is 1. The molecule has 0 aliphatic heterocycles. The van der Waals surface area contributed by atoms with Crippen LogP contribution in [0.4, 0.5) is 0 Å². The number of hydrogen-bond donors (Lipinski definition) is 1. The molecule has 1 amide bonds. The number of amides is 1. The maximum absolute atomic E-state index is 12.0. The van der Waals surface area contributed by atoms with Crippen molar-refractivity contribution in [1.82, 2.24) is 24.9 Å². The summed E-state index contributed by atoms with van der Waals surface area (Å²) in [5.41, 5.74) is 1.94. The molecule has 0 bridgehead atoms. The average Bonchev–Trinajstić information content (AvgIpc) is 3.18. The SMILES string of the molecule is Cc1cc(C)n2c(SCC(=O)N[C@@H](C)C3CC3)nnc2n1. The molecule has 1 aliphatic carbocycles. The van der Waals surface area contributed by atoms with Crippen LogP contribution in [0.15, 0.2) is 11.2 Å². The van der Waals surface area contributed by atoms with E-state index in [9.17, 15) is 4.79 Å². The number of aromatic nitrogens is 4. The quantitative estimate of drug-likeness (QED) is 0.852. The van der Waals surface area contributed by atoms with E-state index in [1.54, 1.807) is 0 Å². The summed E-state index contributed by atoms with van der Waals surface area (Å²) >= 11 is 1.40. The van der Waals surface area contributed by atoms with Crippen LogP contribution in [-0.4, -0.2) is 37.3 Å². The number of carbonyl (C=O) groups is 1. The van der Waals surface area contributed by atoms with E-state index in [0.29, 0.717) is 22.6 Å². The zero-order chi connectivity index (χ0) is 15.0. The summed E-state index contributed by atoms with van der Waals surface area (Å²) in [5.74, 6) is 1.66. The van der Waals surface area contributed by atoms with E-state index in [4.69, 9.17) is 0 Å². The van der Waals surface area contributed by atoms with Gasteiger partial charge in [-0.2, -0.15) is 0 Å². The molecule has 1 aliphatic rings. The first-order chi connectivity index (χ1) is 10.0. The predicted molar refractivity (Wildman–Crippen MR) is 81.3 cm³/mol. The minimum Gasteiger partial charge on any atom is -0.353 e. The minimum absolute atomic E-state index is 0.0499. The molecule has 3 rings (SSSR count). The van der Waals surface area contributed by atoms with Crippen LogP contribution in [0.25, 0.3) is 5.78 Å². The fraction of sp³-hybridized carbons (Fsp3) is 0.571. The van der Waals surface area contributed by atoms with Crippen molar-refractivity contribution >= 4 is 23.4 Å². The van der Waals surface area contributed by atoms with Crippen molar-refractivity contribution < 1.29 is 4.79 Å². The second-order valence-electron chi connectivity index (χ2n) is 5.64. The fourth-order valence-electron chi connectivity index (χ4n) is 2.43. The monoisotopic (exact) mass is 305 g/mol. The number of aryl methyl sites for hydroxylation is 2. The molecule has 1 atom stereocenters. The Morgan fingerprint density at radius 3 is 2.95 bits per heavy atom. The van der Waals surface area contributed by atoms with Gasteiger partial charge >= 0.3 is 0 Å². The molecular weight excluding hydrogens is 286 g/mol. The predicted octanol–water partition coefficient (Wildman–Crippen LogP) is 1.75. The Morgan fingerprint density at radius 2 is 2.24 bits per heavy atom. The Balaban J connectivity index is 1.66. The normalized spacial score (nSPS) is 16.1. The van der Waals surface area contributed by atoms with Crippen molar-refractivity contribution in [3.8, 4) is 0 Å². The molecule has 1 saturated carbocycles. The summed E-state index contributed by atoms with van der Waals surface area (Å²) in [6, 6.07) is 2.26. The van der Waals surface area contributed by atoms with Crippen molar-refractivity contribution in [2.75, 3.05) is 5.75 Å². The lowest BCUT2D eigenvalue weighted by atomic mass is 10.2. The van der Waals surface area contributed by atoms with Crippen molar-refractivity contribution in [2.24, 2.45) is 5.92 Å². The molecule has 0 spiro atoms. The molecule has 2 aromatic heterocycles. The molecule has 0 unspecified atom stereocenters. The molecule has 1 fully saturated rings. The first kappa shape index (κ1) is 14.3.